The van der Waals surface area contributed by atoms with Gasteiger partial charge in [-0.25, -0.2) is 0 Å². The summed E-state index contributed by atoms with van der Waals surface area (Å²) in [6.07, 6.45) is 1.63. The minimum atomic E-state index is 0.421. The van der Waals surface area contributed by atoms with Gasteiger partial charge in [-0.15, -0.1) is 5.10 Å². The fourth-order valence-electron chi connectivity index (χ4n) is 2.09. The Morgan fingerprint density at radius 1 is 1.09 bits per heavy atom. The molecular weight excluding hydrogens is 310 g/mol. The second kappa shape index (κ2) is 6.62. The van der Waals surface area contributed by atoms with Crippen LogP contribution in [0.2, 0.25) is 5.02 Å². The van der Waals surface area contributed by atoms with Crippen molar-refractivity contribution in [1.82, 2.24) is 15.2 Å². The smallest absolute Gasteiger partial charge is 0.249 e. The molecule has 0 aliphatic rings. The highest BCUT2D eigenvalue weighted by atomic mass is 35.5. The Morgan fingerprint density at radius 2 is 1.87 bits per heavy atom. The number of aromatic nitrogens is 3. The molecule has 1 heterocycles. The molecule has 3 aromatic rings. The van der Waals surface area contributed by atoms with Crippen LogP contribution in [-0.4, -0.2) is 22.2 Å². The van der Waals surface area contributed by atoms with E-state index in [0.717, 1.165) is 16.9 Å². The molecule has 1 N–H and O–H groups in total. The maximum absolute atomic E-state index is 6.14. The van der Waals surface area contributed by atoms with Crippen molar-refractivity contribution in [2.24, 2.45) is 0 Å². The van der Waals surface area contributed by atoms with Crippen molar-refractivity contribution >= 4 is 34.7 Å². The van der Waals surface area contributed by atoms with Gasteiger partial charge in [-0.2, -0.15) is 10.1 Å². The third-order valence-corrected chi connectivity index (χ3v) is 3.87. The van der Waals surface area contributed by atoms with E-state index in [2.05, 4.69) is 20.5 Å². The third kappa shape index (κ3) is 3.57. The number of halogens is 1. The van der Waals surface area contributed by atoms with Crippen molar-refractivity contribution in [1.29, 1.82) is 0 Å². The quantitative estimate of drug-likeness (QED) is 0.773. The second-order valence-electron chi connectivity index (χ2n) is 5.12. The lowest BCUT2D eigenvalue weighted by molar-refractivity contribution is 0.957. The third-order valence-electron chi connectivity index (χ3n) is 3.46. The van der Waals surface area contributed by atoms with Crippen LogP contribution < -0.4 is 10.2 Å². The average Bonchev–Trinajstić information content (AvgIpc) is 2.58. The van der Waals surface area contributed by atoms with E-state index in [9.17, 15) is 0 Å². The van der Waals surface area contributed by atoms with Crippen molar-refractivity contribution in [3.05, 3.63) is 65.3 Å². The van der Waals surface area contributed by atoms with Crippen molar-refractivity contribution in [2.45, 2.75) is 6.92 Å². The molecule has 0 saturated heterocycles. The summed E-state index contributed by atoms with van der Waals surface area (Å²) in [5.74, 6) is 1.12. The standard InChI is InChI=1S/C17H16ClN5/c1-12-8-9-13(10-15(12)18)20-17-21-16(11-19-22-17)23(2)14-6-4-3-5-7-14/h3-11H,1-2H3,(H,20,21,22). The van der Waals surface area contributed by atoms with Crippen LogP contribution in [0, 0.1) is 6.92 Å². The predicted octanol–water partition coefficient (Wildman–Crippen LogP) is 4.34. The first-order valence-corrected chi connectivity index (χ1v) is 7.53. The molecule has 23 heavy (non-hydrogen) atoms. The van der Waals surface area contributed by atoms with Crippen LogP contribution in [0.5, 0.6) is 0 Å². The number of benzene rings is 2. The highest BCUT2D eigenvalue weighted by molar-refractivity contribution is 6.31. The normalized spacial score (nSPS) is 10.4. The molecule has 0 radical (unpaired) electrons. The SMILES string of the molecule is Cc1ccc(Nc2nncc(N(C)c3ccccc3)n2)cc1Cl. The summed E-state index contributed by atoms with van der Waals surface area (Å²) < 4.78 is 0. The number of nitrogens with one attached hydrogen (secondary N) is 1. The number of hydrogen-bond donors (Lipinski definition) is 1. The van der Waals surface area contributed by atoms with Crippen LogP contribution in [-0.2, 0) is 0 Å². The van der Waals surface area contributed by atoms with Crippen molar-refractivity contribution < 1.29 is 0 Å². The lowest BCUT2D eigenvalue weighted by atomic mass is 10.2. The maximum Gasteiger partial charge on any atom is 0.249 e. The molecule has 2 aromatic carbocycles. The number of nitrogens with zero attached hydrogens (tertiary/aromatic N) is 4. The Hall–Kier alpha value is -2.66. The summed E-state index contributed by atoms with van der Waals surface area (Å²) >= 11 is 6.14. The van der Waals surface area contributed by atoms with Gasteiger partial charge in [0, 0.05) is 23.4 Å². The van der Waals surface area contributed by atoms with Crippen LogP contribution in [0.25, 0.3) is 0 Å². The zero-order valence-corrected chi connectivity index (χ0v) is 13.6. The molecule has 1 aromatic heterocycles. The van der Waals surface area contributed by atoms with Crippen molar-refractivity contribution in [2.75, 3.05) is 17.3 Å². The molecule has 6 heteroatoms. The molecule has 0 atom stereocenters. The van der Waals surface area contributed by atoms with E-state index in [1.54, 1.807) is 6.20 Å². The minimum absolute atomic E-state index is 0.421. The fourth-order valence-corrected chi connectivity index (χ4v) is 2.27. The molecule has 3 rings (SSSR count). The molecule has 0 amide bonds. The second-order valence-corrected chi connectivity index (χ2v) is 5.53. The topological polar surface area (TPSA) is 53.9 Å². The first-order chi connectivity index (χ1) is 11.1. The van der Waals surface area contributed by atoms with Crippen LogP contribution >= 0.6 is 11.6 Å². The molecule has 0 unspecified atom stereocenters. The Labute approximate surface area is 140 Å². The van der Waals surface area contributed by atoms with E-state index in [-0.39, 0.29) is 0 Å². The molecule has 0 aliphatic heterocycles. The molecular formula is C17H16ClN5. The molecule has 0 fully saturated rings. The van der Waals surface area contributed by atoms with Gasteiger partial charge in [0.05, 0.1) is 6.20 Å². The van der Waals surface area contributed by atoms with Crippen LogP contribution in [0.3, 0.4) is 0 Å². The first-order valence-electron chi connectivity index (χ1n) is 7.15. The summed E-state index contributed by atoms with van der Waals surface area (Å²) in [6, 6.07) is 15.7. The molecule has 5 nitrogen and oxygen atoms in total. The maximum atomic E-state index is 6.14. The van der Waals surface area contributed by atoms with Gasteiger partial charge in [0.1, 0.15) is 0 Å². The van der Waals surface area contributed by atoms with Crippen LogP contribution in [0.1, 0.15) is 5.56 Å². The summed E-state index contributed by atoms with van der Waals surface area (Å²) in [6.45, 7) is 1.96. The predicted molar refractivity (Wildman–Crippen MR) is 93.8 cm³/mol. The van der Waals surface area contributed by atoms with Crippen LogP contribution in [0.15, 0.2) is 54.7 Å². The van der Waals surface area contributed by atoms with E-state index in [1.807, 2.05) is 67.4 Å². The lowest BCUT2D eigenvalue weighted by Gasteiger charge is -2.18. The molecule has 0 spiro atoms. The number of hydrogen-bond acceptors (Lipinski definition) is 5. The molecule has 116 valence electrons. The van der Waals surface area contributed by atoms with Crippen molar-refractivity contribution in [3.8, 4) is 0 Å². The highest BCUT2D eigenvalue weighted by Crippen LogP contribution is 2.24. The van der Waals surface area contributed by atoms with Gasteiger partial charge in [0.15, 0.2) is 5.82 Å². The van der Waals surface area contributed by atoms with Gasteiger partial charge in [0.25, 0.3) is 0 Å². The monoisotopic (exact) mass is 325 g/mol. The number of para-hydroxylation sites is 1. The number of rotatable bonds is 4. The van der Waals surface area contributed by atoms with Crippen LogP contribution in [0.4, 0.5) is 23.1 Å². The summed E-state index contributed by atoms with van der Waals surface area (Å²) in [5.41, 5.74) is 2.87. The van der Waals surface area contributed by atoms with Gasteiger partial charge in [-0.3, -0.25) is 0 Å². The van der Waals surface area contributed by atoms with E-state index in [4.69, 9.17) is 11.6 Å². The Morgan fingerprint density at radius 3 is 2.61 bits per heavy atom. The van der Waals surface area contributed by atoms with Gasteiger partial charge in [-0.05, 0) is 36.8 Å². The Balaban J connectivity index is 1.83. The summed E-state index contributed by atoms with van der Waals surface area (Å²) in [4.78, 5) is 6.44. The van der Waals surface area contributed by atoms with E-state index in [1.165, 1.54) is 0 Å². The van der Waals surface area contributed by atoms with Gasteiger partial charge in [-0.1, -0.05) is 35.9 Å². The zero-order valence-electron chi connectivity index (χ0n) is 12.9. The van der Waals surface area contributed by atoms with Gasteiger partial charge < -0.3 is 10.2 Å². The minimum Gasteiger partial charge on any atom is -0.328 e. The number of aryl methyl sites for hydroxylation is 1. The molecule has 0 aliphatic carbocycles. The zero-order chi connectivity index (χ0) is 16.2. The molecule has 0 saturated carbocycles. The average molecular weight is 326 g/mol. The highest BCUT2D eigenvalue weighted by Gasteiger charge is 2.08. The summed E-state index contributed by atoms with van der Waals surface area (Å²) in [5, 5.41) is 11.9. The van der Waals surface area contributed by atoms with Gasteiger partial charge in [0.2, 0.25) is 5.95 Å². The molecule has 0 bridgehead atoms. The van der Waals surface area contributed by atoms with E-state index < -0.39 is 0 Å². The largest absolute Gasteiger partial charge is 0.328 e. The van der Waals surface area contributed by atoms with E-state index in [0.29, 0.717) is 16.8 Å². The Bertz CT molecular complexity index is 807. The van der Waals surface area contributed by atoms with Gasteiger partial charge >= 0.3 is 0 Å². The fraction of sp³-hybridized carbons (Fsp3) is 0.118. The van der Waals surface area contributed by atoms with Crippen molar-refractivity contribution in [3.63, 3.8) is 0 Å². The number of anilines is 4. The first kappa shape index (κ1) is 15.2. The lowest BCUT2D eigenvalue weighted by Crippen LogP contribution is -2.13. The van der Waals surface area contributed by atoms with E-state index >= 15 is 0 Å². The Kier molecular flexibility index (Phi) is 4.39. The summed E-state index contributed by atoms with van der Waals surface area (Å²) in [7, 11) is 1.94.